The molecular formula is C12H11NO4. The van der Waals surface area contributed by atoms with Gasteiger partial charge in [0.15, 0.2) is 0 Å². The molecule has 0 aliphatic heterocycles. The number of nitriles is 1. The fraction of sp³-hybridized carbons (Fsp3) is 0.250. The van der Waals surface area contributed by atoms with Gasteiger partial charge >= 0.3 is 11.9 Å². The molecule has 1 aromatic carbocycles. The maximum absolute atomic E-state index is 11.4. The molecule has 0 saturated heterocycles. The molecule has 88 valence electrons. The quantitative estimate of drug-likeness (QED) is 0.793. The summed E-state index contributed by atoms with van der Waals surface area (Å²) in [4.78, 5) is 21.9. The summed E-state index contributed by atoms with van der Waals surface area (Å²) >= 11 is 0. The van der Waals surface area contributed by atoms with Gasteiger partial charge in [-0.25, -0.2) is 4.79 Å². The number of carbonyl (C=O) groups excluding carboxylic acids is 1. The van der Waals surface area contributed by atoms with E-state index in [-0.39, 0.29) is 12.8 Å². The van der Waals surface area contributed by atoms with E-state index in [4.69, 9.17) is 10.4 Å². The van der Waals surface area contributed by atoms with Crippen LogP contribution in [0.4, 0.5) is 0 Å². The monoisotopic (exact) mass is 233 g/mol. The van der Waals surface area contributed by atoms with Crippen LogP contribution in [0.25, 0.3) is 0 Å². The zero-order chi connectivity index (χ0) is 12.8. The van der Waals surface area contributed by atoms with Gasteiger partial charge in [-0.05, 0) is 30.2 Å². The second-order valence-corrected chi connectivity index (χ2v) is 3.37. The number of carboxylic acids is 1. The zero-order valence-corrected chi connectivity index (χ0v) is 9.27. The standard InChI is InChI=1S/C12H11NO4/c1-17-12(16)10-4-2-8(7-13)6-9(10)3-5-11(14)15/h2,4,6H,3,5H2,1H3,(H,14,15). The highest BCUT2D eigenvalue weighted by atomic mass is 16.5. The Labute approximate surface area is 98.2 Å². The number of hydrogen-bond acceptors (Lipinski definition) is 4. The van der Waals surface area contributed by atoms with Crippen molar-refractivity contribution in [2.24, 2.45) is 0 Å². The van der Waals surface area contributed by atoms with Gasteiger partial charge in [0.25, 0.3) is 0 Å². The molecule has 0 bridgehead atoms. The molecule has 0 aliphatic carbocycles. The van der Waals surface area contributed by atoms with Crippen molar-refractivity contribution in [2.45, 2.75) is 12.8 Å². The predicted molar refractivity (Wildman–Crippen MR) is 58.5 cm³/mol. The van der Waals surface area contributed by atoms with Crippen LogP contribution in [0.3, 0.4) is 0 Å². The van der Waals surface area contributed by atoms with Crippen molar-refractivity contribution in [2.75, 3.05) is 7.11 Å². The number of benzene rings is 1. The van der Waals surface area contributed by atoms with Crippen molar-refractivity contribution >= 4 is 11.9 Å². The average Bonchev–Trinajstić information content (AvgIpc) is 2.34. The van der Waals surface area contributed by atoms with E-state index in [1.165, 1.54) is 25.3 Å². The molecule has 0 unspecified atom stereocenters. The lowest BCUT2D eigenvalue weighted by Gasteiger charge is -2.07. The third-order valence-electron chi connectivity index (χ3n) is 2.25. The molecule has 0 radical (unpaired) electrons. The molecule has 1 N–H and O–H groups in total. The van der Waals surface area contributed by atoms with E-state index in [0.29, 0.717) is 16.7 Å². The highest BCUT2D eigenvalue weighted by Gasteiger charge is 2.13. The highest BCUT2D eigenvalue weighted by molar-refractivity contribution is 5.91. The summed E-state index contributed by atoms with van der Waals surface area (Å²) in [6.07, 6.45) is 0.0914. The van der Waals surface area contributed by atoms with Gasteiger partial charge in [-0.2, -0.15) is 5.26 Å². The second kappa shape index (κ2) is 5.66. The predicted octanol–water partition coefficient (Wildman–Crippen LogP) is 1.36. The largest absolute Gasteiger partial charge is 0.481 e. The Kier molecular flexibility index (Phi) is 4.23. The van der Waals surface area contributed by atoms with Crippen molar-refractivity contribution in [3.8, 4) is 6.07 Å². The number of esters is 1. The van der Waals surface area contributed by atoms with Gasteiger partial charge in [-0.1, -0.05) is 0 Å². The van der Waals surface area contributed by atoms with Crippen LogP contribution >= 0.6 is 0 Å². The van der Waals surface area contributed by atoms with Crippen LogP contribution < -0.4 is 0 Å². The van der Waals surface area contributed by atoms with Gasteiger partial charge in [0.2, 0.25) is 0 Å². The van der Waals surface area contributed by atoms with Gasteiger partial charge in [-0.3, -0.25) is 4.79 Å². The molecule has 1 aromatic rings. The summed E-state index contributed by atoms with van der Waals surface area (Å²) in [6, 6.07) is 6.42. The maximum atomic E-state index is 11.4. The smallest absolute Gasteiger partial charge is 0.338 e. The van der Waals surface area contributed by atoms with E-state index in [0.717, 1.165) is 0 Å². The van der Waals surface area contributed by atoms with E-state index in [1.54, 1.807) is 0 Å². The Hall–Kier alpha value is -2.35. The molecule has 0 spiro atoms. The normalized spacial score (nSPS) is 9.41. The molecule has 0 amide bonds. The molecule has 5 nitrogen and oxygen atoms in total. The van der Waals surface area contributed by atoms with Crippen LogP contribution in [0.5, 0.6) is 0 Å². The molecule has 0 heterocycles. The van der Waals surface area contributed by atoms with E-state index in [1.807, 2.05) is 6.07 Å². The molecular weight excluding hydrogens is 222 g/mol. The molecule has 5 heteroatoms. The number of methoxy groups -OCH3 is 1. The summed E-state index contributed by atoms with van der Waals surface area (Å²) in [5.74, 6) is -1.49. The minimum atomic E-state index is -0.955. The Balaban J connectivity index is 3.08. The van der Waals surface area contributed by atoms with Crippen molar-refractivity contribution in [3.63, 3.8) is 0 Å². The van der Waals surface area contributed by atoms with Crippen LogP contribution in [-0.2, 0) is 16.0 Å². The highest BCUT2D eigenvalue weighted by Crippen LogP contribution is 2.15. The Morgan fingerprint density at radius 2 is 2.18 bits per heavy atom. The minimum absolute atomic E-state index is 0.0983. The first-order valence-electron chi connectivity index (χ1n) is 4.91. The van der Waals surface area contributed by atoms with Gasteiger partial charge < -0.3 is 9.84 Å². The lowest BCUT2D eigenvalue weighted by Crippen LogP contribution is -2.08. The van der Waals surface area contributed by atoms with Crippen molar-refractivity contribution in [1.82, 2.24) is 0 Å². The fourth-order valence-electron chi connectivity index (χ4n) is 1.42. The molecule has 0 aliphatic rings. The van der Waals surface area contributed by atoms with Crippen molar-refractivity contribution < 1.29 is 19.4 Å². The third-order valence-corrected chi connectivity index (χ3v) is 2.25. The lowest BCUT2D eigenvalue weighted by molar-refractivity contribution is -0.136. The number of carbonyl (C=O) groups is 2. The summed E-state index contributed by atoms with van der Waals surface area (Å²) in [6.45, 7) is 0. The molecule has 0 atom stereocenters. The minimum Gasteiger partial charge on any atom is -0.481 e. The maximum Gasteiger partial charge on any atom is 0.338 e. The number of aryl methyl sites for hydroxylation is 1. The van der Waals surface area contributed by atoms with Crippen LogP contribution in [0, 0.1) is 11.3 Å². The Morgan fingerprint density at radius 3 is 2.71 bits per heavy atom. The van der Waals surface area contributed by atoms with Crippen molar-refractivity contribution in [3.05, 3.63) is 34.9 Å². The second-order valence-electron chi connectivity index (χ2n) is 3.37. The van der Waals surface area contributed by atoms with Crippen molar-refractivity contribution in [1.29, 1.82) is 5.26 Å². The molecule has 1 rings (SSSR count). The van der Waals surface area contributed by atoms with E-state index >= 15 is 0 Å². The molecule has 0 fully saturated rings. The van der Waals surface area contributed by atoms with E-state index in [9.17, 15) is 9.59 Å². The number of ether oxygens (including phenoxy) is 1. The van der Waals surface area contributed by atoms with E-state index in [2.05, 4.69) is 4.74 Å². The topological polar surface area (TPSA) is 87.4 Å². The summed E-state index contributed by atoms with van der Waals surface area (Å²) < 4.78 is 4.59. The number of carboxylic acid groups (broad SMARTS) is 1. The fourth-order valence-corrected chi connectivity index (χ4v) is 1.42. The van der Waals surface area contributed by atoms with Gasteiger partial charge in [-0.15, -0.1) is 0 Å². The molecule has 0 aromatic heterocycles. The average molecular weight is 233 g/mol. The zero-order valence-electron chi connectivity index (χ0n) is 9.27. The number of nitrogens with zero attached hydrogens (tertiary/aromatic N) is 1. The van der Waals surface area contributed by atoms with E-state index < -0.39 is 11.9 Å². The molecule has 17 heavy (non-hydrogen) atoms. The summed E-state index contributed by atoms with van der Waals surface area (Å²) in [7, 11) is 1.25. The summed E-state index contributed by atoms with van der Waals surface area (Å²) in [5, 5.41) is 17.4. The first-order chi connectivity index (χ1) is 8.08. The number of hydrogen-bond donors (Lipinski definition) is 1. The first-order valence-corrected chi connectivity index (χ1v) is 4.91. The Morgan fingerprint density at radius 1 is 1.47 bits per heavy atom. The van der Waals surface area contributed by atoms with Crippen LogP contribution in [0.15, 0.2) is 18.2 Å². The van der Waals surface area contributed by atoms with Crippen LogP contribution in [-0.4, -0.2) is 24.2 Å². The van der Waals surface area contributed by atoms with Crippen LogP contribution in [0.2, 0.25) is 0 Å². The SMILES string of the molecule is COC(=O)c1ccc(C#N)cc1CCC(=O)O. The van der Waals surface area contributed by atoms with Crippen LogP contribution in [0.1, 0.15) is 27.9 Å². The third kappa shape index (κ3) is 3.31. The first kappa shape index (κ1) is 12.7. The number of rotatable bonds is 4. The Bertz CT molecular complexity index is 488. The van der Waals surface area contributed by atoms with Gasteiger partial charge in [0, 0.05) is 6.42 Å². The summed E-state index contributed by atoms with van der Waals surface area (Å²) in [5.41, 5.74) is 1.20. The van der Waals surface area contributed by atoms with Gasteiger partial charge in [0.1, 0.15) is 0 Å². The number of aliphatic carboxylic acids is 1. The molecule has 0 saturated carbocycles. The van der Waals surface area contributed by atoms with Gasteiger partial charge in [0.05, 0.1) is 24.3 Å². The lowest BCUT2D eigenvalue weighted by atomic mass is 10.0.